The first-order valence-electron chi connectivity index (χ1n) is 7.66. The van der Waals surface area contributed by atoms with Crippen molar-refractivity contribution in [3.05, 3.63) is 35.4 Å². The SMILES string of the molecule is Cc1ccccc1CCNS(=O)(=O)CCCCNC(C)C. The van der Waals surface area contributed by atoms with Gasteiger partial charge in [0, 0.05) is 12.6 Å². The van der Waals surface area contributed by atoms with Crippen LogP contribution in [0, 0.1) is 6.92 Å². The van der Waals surface area contributed by atoms with Crippen LogP contribution in [0.4, 0.5) is 0 Å². The Balaban J connectivity index is 2.22. The summed E-state index contributed by atoms with van der Waals surface area (Å²) in [5.74, 6) is 0.209. The molecule has 2 N–H and O–H groups in total. The molecular formula is C16H28N2O2S. The monoisotopic (exact) mass is 312 g/mol. The molecule has 0 aliphatic rings. The molecule has 0 saturated carbocycles. The average Bonchev–Trinajstić information content (AvgIpc) is 2.40. The molecule has 4 nitrogen and oxygen atoms in total. The van der Waals surface area contributed by atoms with Crippen molar-refractivity contribution in [2.45, 2.75) is 46.1 Å². The lowest BCUT2D eigenvalue weighted by Crippen LogP contribution is -2.29. The van der Waals surface area contributed by atoms with Gasteiger partial charge in [0.05, 0.1) is 5.75 Å². The number of hydrogen-bond acceptors (Lipinski definition) is 3. The van der Waals surface area contributed by atoms with Crippen LogP contribution in [0.2, 0.25) is 0 Å². The quantitative estimate of drug-likeness (QED) is 0.651. The number of aryl methyl sites for hydroxylation is 1. The molecule has 1 aromatic rings. The fourth-order valence-electron chi connectivity index (χ4n) is 2.11. The highest BCUT2D eigenvalue weighted by Gasteiger charge is 2.09. The van der Waals surface area contributed by atoms with Crippen LogP contribution in [0.15, 0.2) is 24.3 Å². The van der Waals surface area contributed by atoms with Crippen LogP contribution in [0.3, 0.4) is 0 Å². The minimum Gasteiger partial charge on any atom is -0.315 e. The lowest BCUT2D eigenvalue weighted by molar-refractivity contribution is 0.555. The zero-order valence-electron chi connectivity index (χ0n) is 13.4. The molecule has 0 bridgehead atoms. The molecule has 0 aliphatic carbocycles. The Kier molecular flexibility index (Phi) is 7.93. The van der Waals surface area contributed by atoms with Gasteiger partial charge in [0.1, 0.15) is 0 Å². The van der Waals surface area contributed by atoms with Crippen LogP contribution >= 0.6 is 0 Å². The van der Waals surface area contributed by atoms with Crippen molar-refractivity contribution in [2.75, 3.05) is 18.8 Å². The number of nitrogens with one attached hydrogen (secondary N) is 2. The Bertz CT molecular complexity index is 513. The maximum absolute atomic E-state index is 11.9. The largest absolute Gasteiger partial charge is 0.315 e. The van der Waals surface area contributed by atoms with Gasteiger partial charge in [-0.1, -0.05) is 38.1 Å². The first-order valence-corrected chi connectivity index (χ1v) is 9.31. The van der Waals surface area contributed by atoms with E-state index in [0.717, 1.165) is 19.4 Å². The predicted octanol–water partition coefficient (Wildman–Crippen LogP) is 2.24. The summed E-state index contributed by atoms with van der Waals surface area (Å²) >= 11 is 0. The van der Waals surface area contributed by atoms with Gasteiger partial charge < -0.3 is 5.32 Å². The lowest BCUT2D eigenvalue weighted by Gasteiger charge is -2.09. The van der Waals surface area contributed by atoms with E-state index in [9.17, 15) is 8.42 Å². The summed E-state index contributed by atoms with van der Waals surface area (Å²) in [6.07, 6.45) is 2.32. The fourth-order valence-corrected chi connectivity index (χ4v) is 3.25. The molecule has 0 radical (unpaired) electrons. The van der Waals surface area contributed by atoms with Crippen molar-refractivity contribution >= 4 is 10.0 Å². The highest BCUT2D eigenvalue weighted by molar-refractivity contribution is 7.89. The van der Waals surface area contributed by atoms with Crippen molar-refractivity contribution in [1.29, 1.82) is 0 Å². The number of rotatable bonds is 10. The summed E-state index contributed by atoms with van der Waals surface area (Å²) in [6.45, 7) is 7.56. The summed E-state index contributed by atoms with van der Waals surface area (Å²) < 4.78 is 26.4. The minimum absolute atomic E-state index is 0.209. The number of unbranched alkanes of at least 4 members (excludes halogenated alkanes) is 1. The van der Waals surface area contributed by atoms with Crippen LogP contribution in [-0.4, -0.2) is 33.3 Å². The van der Waals surface area contributed by atoms with Crippen LogP contribution < -0.4 is 10.0 Å². The summed E-state index contributed by atoms with van der Waals surface area (Å²) in [4.78, 5) is 0. The number of sulfonamides is 1. The highest BCUT2D eigenvalue weighted by Crippen LogP contribution is 2.07. The van der Waals surface area contributed by atoms with Gasteiger partial charge >= 0.3 is 0 Å². The molecule has 0 heterocycles. The van der Waals surface area contributed by atoms with E-state index in [1.165, 1.54) is 11.1 Å². The second-order valence-corrected chi connectivity index (χ2v) is 7.63. The Labute approximate surface area is 129 Å². The van der Waals surface area contributed by atoms with E-state index in [0.29, 0.717) is 19.0 Å². The van der Waals surface area contributed by atoms with Crippen molar-refractivity contribution in [2.24, 2.45) is 0 Å². The third-order valence-corrected chi connectivity index (χ3v) is 4.84. The van der Waals surface area contributed by atoms with Gasteiger partial charge in [-0.2, -0.15) is 0 Å². The summed E-state index contributed by atoms with van der Waals surface area (Å²) in [7, 11) is -3.14. The molecule has 0 amide bonds. The first kappa shape index (κ1) is 18.1. The van der Waals surface area contributed by atoms with Crippen molar-refractivity contribution < 1.29 is 8.42 Å². The van der Waals surface area contributed by atoms with Crippen LogP contribution in [0.25, 0.3) is 0 Å². The fraction of sp³-hybridized carbons (Fsp3) is 0.625. The van der Waals surface area contributed by atoms with Crippen molar-refractivity contribution in [3.8, 4) is 0 Å². The van der Waals surface area contributed by atoms with E-state index in [-0.39, 0.29) is 5.75 Å². The van der Waals surface area contributed by atoms with Gasteiger partial charge in [-0.3, -0.25) is 0 Å². The van der Waals surface area contributed by atoms with Gasteiger partial charge in [-0.15, -0.1) is 0 Å². The van der Waals surface area contributed by atoms with Gasteiger partial charge in [-0.25, -0.2) is 13.1 Å². The second kappa shape index (κ2) is 9.18. The third kappa shape index (κ3) is 8.19. The molecule has 5 heteroatoms. The lowest BCUT2D eigenvalue weighted by atomic mass is 10.1. The molecule has 0 unspecified atom stereocenters. The van der Waals surface area contributed by atoms with E-state index in [2.05, 4.69) is 23.9 Å². The molecule has 0 atom stereocenters. The maximum Gasteiger partial charge on any atom is 0.211 e. The molecule has 0 fully saturated rings. The van der Waals surface area contributed by atoms with E-state index in [4.69, 9.17) is 0 Å². The molecule has 0 aliphatic heterocycles. The molecule has 0 spiro atoms. The highest BCUT2D eigenvalue weighted by atomic mass is 32.2. The van der Waals surface area contributed by atoms with Crippen LogP contribution in [0.5, 0.6) is 0 Å². The molecule has 1 aromatic carbocycles. The topological polar surface area (TPSA) is 58.2 Å². The Morgan fingerprint density at radius 2 is 1.81 bits per heavy atom. The second-order valence-electron chi connectivity index (χ2n) is 5.71. The Hall–Kier alpha value is -0.910. The van der Waals surface area contributed by atoms with Crippen molar-refractivity contribution in [3.63, 3.8) is 0 Å². The Morgan fingerprint density at radius 3 is 2.48 bits per heavy atom. The van der Waals surface area contributed by atoms with E-state index in [1.807, 2.05) is 31.2 Å². The van der Waals surface area contributed by atoms with E-state index < -0.39 is 10.0 Å². The number of hydrogen-bond donors (Lipinski definition) is 2. The average molecular weight is 312 g/mol. The van der Waals surface area contributed by atoms with E-state index in [1.54, 1.807) is 0 Å². The predicted molar refractivity (Wildman–Crippen MR) is 89.0 cm³/mol. The third-order valence-electron chi connectivity index (χ3n) is 3.37. The molecule has 0 saturated heterocycles. The van der Waals surface area contributed by atoms with Gasteiger partial charge in [0.25, 0.3) is 0 Å². The first-order chi connectivity index (χ1) is 9.91. The van der Waals surface area contributed by atoms with Gasteiger partial charge in [0.2, 0.25) is 10.0 Å². The van der Waals surface area contributed by atoms with Crippen molar-refractivity contribution in [1.82, 2.24) is 10.0 Å². The molecule has 120 valence electrons. The summed E-state index contributed by atoms with van der Waals surface area (Å²) in [5, 5.41) is 3.29. The number of benzene rings is 1. The molecule has 0 aromatic heterocycles. The van der Waals surface area contributed by atoms with Gasteiger partial charge in [-0.05, 0) is 43.9 Å². The van der Waals surface area contributed by atoms with Crippen LogP contribution in [-0.2, 0) is 16.4 Å². The minimum atomic E-state index is -3.14. The molecular weight excluding hydrogens is 284 g/mol. The molecule has 1 rings (SSSR count). The maximum atomic E-state index is 11.9. The van der Waals surface area contributed by atoms with Gasteiger partial charge in [0.15, 0.2) is 0 Å². The van der Waals surface area contributed by atoms with Crippen LogP contribution in [0.1, 0.15) is 37.8 Å². The summed E-state index contributed by atoms with van der Waals surface area (Å²) in [5.41, 5.74) is 2.40. The molecule has 21 heavy (non-hydrogen) atoms. The smallest absolute Gasteiger partial charge is 0.211 e. The normalized spacial score (nSPS) is 12.0. The standard InChI is InChI=1S/C16H28N2O2S/c1-14(2)17-11-6-7-13-21(19,20)18-12-10-16-9-5-4-8-15(16)3/h4-5,8-9,14,17-18H,6-7,10-13H2,1-3H3. The zero-order chi connectivity index (χ0) is 15.7. The zero-order valence-corrected chi connectivity index (χ0v) is 14.2. The Morgan fingerprint density at radius 1 is 1.10 bits per heavy atom. The summed E-state index contributed by atoms with van der Waals surface area (Å²) in [6, 6.07) is 8.52. The van der Waals surface area contributed by atoms with E-state index >= 15 is 0 Å².